The summed E-state index contributed by atoms with van der Waals surface area (Å²) in [5.74, 6) is -0.359. The van der Waals surface area contributed by atoms with Crippen molar-refractivity contribution >= 4 is 34.2 Å². The molecule has 2 aliphatic rings. The molecule has 0 unspecified atom stereocenters. The minimum absolute atomic E-state index is 0.0881. The second kappa shape index (κ2) is 14.9. The topological polar surface area (TPSA) is 113 Å². The summed E-state index contributed by atoms with van der Waals surface area (Å²) in [6.07, 6.45) is 0.770. The van der Waals surface area contributed by atoms with Gasteiger partial charge in [-0.25, -0.2) is 15.0 Å². The van der Waals surface area contributed by atoms with E-state index in [-0.39, 0.29) is 34.1 Å². The van der Waals surface area contributed by atoms with E-state index >= 15 is 0 Å². The zero-order valence-corrected chi connectivity index (χ0v) is 27.8. The summed E-state index contributed by atoms with van der Waals surface area (Å²) in [6.45, 7) is 10.5. The molecule has 2 saturated heterocycles. The van der Waals surface area contributed by atoms with Gasteiger partial charge in [-0.05, 0) is 58.4 Å². The number of esters is 1. The largest absolute Gasteiger partial charge is 0.496 e. The zero-order chi connectivity index (χ0) is 33.7. The molecular formula is C32H40F3N7O4S. The van der Waals surface area contributed by atoms with E-state index in [4.69, 9.17) is 9.47 Å². The molecule has 1 N–H and O–H groups in total. The summed E-state index contributed by atoms with van der Waals surface area (Å²) in [7, 11) is 1.20. The fraction of sp³-hybridized carbons (Fsp3) is 0.531. The van der Waals surface area contributed by atoms with Gasteiger partial charge in [0.25, 0.3) is 5.91 Å². The van der Waals surface area contributed by atoms with E-state index in [0.29, 0.717) is 56.8 Å². The summed E-state index contributed by atoms with van der Waals surface area (Å²) in [5, 5.41) is 3.04. The summed E-state index contributed by atoms with van der Waals surface area (Å²) in [6, 6.07) is 4.39. The SMILES string of the molecule is CCOC(=O)CCN1CCN(c2cnc(C(=O)Nc3nc(-c4ccc(OC)c(C(F)(F)F)c4)c(CN4CCC[C@H]4C)s3)cn2)C[C@@H]1C. The van der Waals surface area contributed by atoms with Gasteiger partial charge in [0.15, 0.2) is 5.13 Å². The fourth-order valence-electron chi connectivity index (χ4n) is 5.99. The number of ether oxygens (including phenoxy) is 2. The number of amides is 1. The molecule has 2 aliphatic heterocycles. The predicted octanol–water partition coefficient (Wildman–Crippen LogP) is 5.33. The van der Waals surface area contributed by atoms with Crippen molar-refractivity contribution in [1.29, 1.82) is 0 Å². The van der Waals surface area contributed by atoms with Crippen LogP contribution in [0.2, 0.25) is 0 Å². The number of hydrogen-bond donors (Lipinski definition) is 1. The van der Waals surface area contributed by atoms with Gasteiger partial charge < -0.3 is 14.4 Å². The first kappa shape index (κ1) is 34.5. The third-order valence-electron chi connectivity index (χ3n) is 8.60. The monoisotopic (exact) mass is 675 g/mol. The highest BCUT2D eigenvalue weighted by Crippen LogP contribution is 2.41. The van der Waals surface area contributed by atoms with Crippen LogP contribution in [0.5, 0.6) is 5.75 Å². The van der Waals surface area contributed by atoms with Gasteiger partial charge in [0, 0.05) is 55.2 Å². The van der Waals surface area contributed by atoms with Crippen LogP contribution in [0.4, 0.5) is 24.1 Å². The van der Waals surface area contributed by atoms with E-state index < -0.39 is 17.6 Å². The van der Waals surface area contributed by atoms with Crippen LogP contribution in [-0.2, 0) is 22.3 Å². The third-order valence-corrected chi connectivity index (χ3v) is 9.56. The van der Waals surface area contributed by atoms with E-state index in [1.54, 1.807) is 19.2 Å². The van der Waals surface area contributed by atoms with Gasteiger partial charge in [-0.2, -0.15) is 13.2 Å². The lowest BCUT2D eigenvalue weighted by molar-refractivity contribution is -0.143. The van der Waals surface area contributed by atoms with Gasteiger partial charge in [0.1, 0.15) is 17.3 Å². The number of anilines is 2. The normalized spacial score (nSPS) is 19.2. The average Bonchev–Trinajstić information content (AvgIpc) is 3.64. The molecule has 2 aromatic heterocycles. The number of likely N-dealkylation sites (tertiary alicyclic amines) is 1. The molecule has 3 aromatic rings. The van der Waals surface area contributed by atoms with Gasteiger partial charge in [-0.1, -0.05) is 11.3 Å². The molecule has 0 spiro atoms. The number of rotatable bonds is 11. The molecule has 0 saturated carbocycles. The number of alkyl halides is 3. The highest BCUT2D eigenvalue weighted by atomic mass is 32.1. The van der Waals surface area contributed by atoms with Crippen LogP contribution in [0.15, 0.2) is 30.6 Å². The summed E-state index contributed by atoms with van der Waals surface area (Å²) in [4.78, 5) is 45.7. The quantitative estimate of drug-likeness (QED) is 0.268. The molecule has 11 nitrogen and oxygen atoms in total. The molecule has 5 rings (SSSR count). The number of benzene rings is 1. The minimum Gasteiger partial charge on any atom is -0.496 e. The highest BCUT2D eigenvalue weighted by molar-refractivity contribution is 7.16. The number of thiazole rings is 1. The van der Waals surface area contributed by atoms with Gasteiger partial charge in [-0.3, -0.25) is 24.7 Å². The van der Waals surface area contributed by atoms with Crippen molar-refractivity contribution in [3.05, 3.63) is 46.7 Å². The molecular weight excluding hydrogens is 635 g/mol. The summed E-state index contributed by atoms with van der Waals surface area (Å²) >= 11 is 1.24. The number of nitrogens with one attached hydrogen (secondary N) is 1. The van der Waals surface area contributed by atoms with Crippen molar-refractivity contribution < 1.29 is 32.2 Å². The van der Waals surface area contributed by atoms with Crippen molar-refractivity contribution in [3.8, 4) is 17.0 Å². The highest BCUT2D eigenvalue weighted by Gasteiger charge is 2.35. The van der Waals surface area contributed by atoms with Crippen LogP contribution in [-0.4, -0.2) is 95.2 Å². The van der Waals surface area contributed by atoms with E-state index in [1.165, 1.54) is 30.7 Å². The molecule has 0 bridgehead atoms. The predicted molar refractivity (Wildman–Crippen MR) is 173 cm³/mol. The Morgan fingerprint density at radius 2 is 1.89 bits per heavy atom. The molecule has 15 heteroatoms. The van der Waals surface area contributed by atoms with Crippen LogP contribution >= 0.6 is 11.3 Å². The lowest BCUT2D eigenvalue weighted by atomic mass is 10.1. The molecule has 1 amide bonds. The van der Waals surface area contributed by atoms with Crippen LogP contribution in [0, 0.1) is 0 Å². The van der Waals surface area contributed by atoms with Gasteiger partial charge in [-0.15, -0.1) is 0 Å². The molecule has 254 valence electrons. The maximum absolute atomic E-state index is 13.8. The fourth-order valence-corrected chi connectivity index (χ4v) is 7.00. The van der Waals surface area contributed by atoms with Crippen LogP contribution in [0.1, 0.15) is 61.0 Å². The summed E-state index contributed by atoms with van der Waals surface area (Å²) < 4.78 is 51.5. The molecule has 4 heterocycles. The van der Waals surface area contributed by atoms with Crippen molar-refractivity contribution in [2.75, 3.05) is 56.7 Å². The number of halogens is 3. The van der Waals surface area contributed by atoms with E-state index in [1.807, 2.05) is 0 Å². The molecule has 47 heavy (non-hydrogen) atoms. The maximum atomic E-state index is 13.8. The van der Waals surface area contributed by atoms with Crippen molar-refractivity contribution in [1.82, 2.24) is 24.8 Å². The lowest BCUT2D eigenvalue weighted by Crippen LogP contribution is -2.52. The summed E-state index contributed by atoms with van der Waals surface area (Å²) in [5.41, 5.74) is -0.129. The van der Waals surface area contributed by atoms with Gasteiger partial charge >= 0.3 is 12.1 Å². The Hall–Kier alpha value is -3.82. The molecule has 2 fully saturated rings. The number of nitrogens with zero attached hydrogens (tertiary/aromatic N) is 6. The van der Waals surface area contributed by atoms with Crippen LogP contribution < -0.4 is 15.0 Å². The Kier molecular flexibility index (Phi) is 11.0. The zero-order valence-electron chi connectivity index (χ0n) is 27.0. The molecule has 0 radical (unpaired) electrons. The van der Waals surface area contributed by atoms with Crippen molar-refractivity contribution in [3.63, 3.8) is 0 Å². The maximum Gasteiger partial charge on any atom is 0.419 e. The number of hydrogen-bond acceptors (Lipinski definition) is 11. The Morgan fingerprint density at radius 3 is 2.53 bits per heavy atom. The lowest BCUT2D eigenvalue weighted by Gasteiger charge is -2.40. The minimum atomic E-state index is -4.61. The number of aromatic nitrogens is 3. The van der Waals surface area contributed by atoms with E-state index in [2.05, 4.69) is 48.8 Å². The first-order valence-corrected chi connectivity index (χ1v) is 16.6. The average molecular weight is 676 g/mol. The number of carbonyl (C=O) groups is 2. The Labute approximate surface area is 276 Å². The van der Waals surface area contributed by atoms with Crippen LogP contribution in [0.25, 0.3) is 11.3 Å². The van der Waals surface area contributed by atoms with Gasteiger partial charge in [0.05, 0.1) is 43.8 Å². The number of methoxy groups -OCH3 is 1. The second-order valence-corrected chi connectivity index (χ2v) is 12.8. The molecule has 2 atom stereocenters. The van der Waals surface area contributed by atoms with Crippen molar-refractivity contribution in [2.45, 2.75) is 64.8 Å². The Bertz CT molecular complexity index is 1550. The number of piperazine rings is 1. The van der Waals surface area contributed by atoms with Crippen LogP contribution in [0.3, 0.4) is 0 Å². The van der Waals surface area contributed by atoms with E-state index in [9.17, 15) is 22.8 Å². The smallest absolute Gasteiger partial charge is 0.419 e. The molecule has 0 aliphatic carbocycles. The first-order chi connectivity index (χ1) is 22.5. The Balaban J connectivity index is 1.29. The Morgan fingerprint density at radius 1 is 1.09 bits per heavy atom. The van der Waals surface area contributed by atoms with Gasteiger partial charge in [0.2, 0.25) is 0 Å². The number of carbonyl (C=O) groups excluding carboxylic acids is 2. The third kappa shape index (κ3) is 8.37. The second-order valence-electron chi connectivity index (χ2n) is 11.8. The first-order valence-electron chi connectivity index (χ1n) is 15.7. The van der Waals surface area contributed by atoms with Crippen molar-refractivity contribution in [2.24, 2.45) is 0 Å². The molecule has 1 aromatic carbocycles. The standard InChI is InChI=1S/C32H40F3N7O4S/c1-5-46-28(43)10-12-40-13-14-42(18-21(40)3)27-17-36-24(16-37-27)30(44)39-31-38-29(26(47-31)19-41-11-6-7-20(41)2)22-8-9-25(45-4)23(15-22)32(33,34)35/h8-9,15-17,20-21H,5-7,10-14,18-19H2,1-4H3,(H,38,39,44)/t20-,21+/m1/s1. The van der Waals surface area contributed by atoms with E-state index in [0.717, 1.165) is 36.9 Å².